The Labute approximate surface area is 286 Å². The number of carbonyl (C=O) groups is 4. The zero-order valence-corrected chi connectivity index (χ0v) is 28.6. The van der Waals surface area contributed by atoms with Gasteiger partial charge in [0.1, 0.15) is 18.2 Å². The third-order valence-corrected chi connectivity index (χ3v) is 10.4. The highest BCUT2D eigenvalue weighted by atomic mass is 32.1. The van der Waals surface area contributed by atoms with Gasteiger partial charge in [-0.15, -0.1) is 11.3 Å². The number of benzene rings is 1. The molecule has 48 heavy (non-hydrogen) atoms. The first-order valence-electron chi connectivity index (χ1n) is 17.3. The molecule has 4 amide bonds. The number of rotatable bonds is 15. The fourth-order valence-electron chi connectivity index (χ4n) is 6.93. The Morgan fingerprint density at radius 3 is 2.46 bits per heavy atom. The van der Waals surface area contributed by atoms with E-state index in [0.717, 1.165) is 31.2 Å². The summed E-state index contributed by atoms with van der Waals surface area (Å²) in [6, 6.07) is 7.84. The number of nitrogens with one attached hydrogen (secondary N) is 2. The zero-order valence-electron chi connectivity index (χ0n) is 27.8. The summed E-state index contributed by atoms with van der Waals surface area (Å²) in [4.78, 5) is 61.5. The molecule has 2 aromatic rings. The number of aromatic nitrogens is 1. The van der Waals surface area contributed by atoms with Crippen LogP contribution in [-0.2, 0) is 36.7 Å². The number of carbonyl (C=O) groups excluding carboxylic acids is 4. The van der Waals surface area contributed by atoms with Crippen molar-refractivity contribution in [3.63, 3.8) is 0 Å². The first kappa shape index (κ1) is 35.7. The van der Waals surface area contributed by atoms with Gasteiger partial charge in [0.2, 0.25) is 17.7 Å². The van der Waals surface area contributed by atoms with Gasteiger partial charge in [0.05, 0.1) is 42.9 Å². The van der Waals surface area contributed by atoms with Crippen LogP contribution in [0, 0.1) is 11.8 Å². The van der Waals surface area contributed by atoms with Gasteiger partial charge >= 0.3 is 6.09 Å². The number of aliphatic hydroxyl groups excluding tert-OH is 1. The predicted molar refractivity (Wildman–Crippen MR) is 180 cm³/mol. The molecule has 5 atom stereocenters. The second kappa shape index (κ2) is 17.7. The van der Waals surface area contributed by atoms with Gasteiger partial charge < -0.3 is 35.0 Å². The van der Waals surface area contributed by atoms with Crippen molar-refractivity contribution >= 4 is 35.2 Å². The van der Waals surface area contributed by atoms with Crippen LogP contribution in [0.15, 0.2) is 41.2 Å². The van der Waals surface area contributed by atoms with Crippen LogP contribution in [0.2, 0.25) is 0 Å². The van der Waals surface area contributed by atoms with E-state index in [9.17, 15) is 24.3 Å². The third kappa shape index (κ3) is 9.99. The summed E-state index contributed by atoms with van der Waals surface area (Å²) in [6.45, 7) is 4.42. The molecular formula is C35H49N5O7S. The molecule has 3 heterocycles. The van der Waals surface area contributed by atoms with Crippen molar-refractivity contribution in [2.24, 2.45) is 11.8 Å². The van der Waals surface area contributed by atoms with Gasteiger partial charge in [-0.1, -0.05) is 62.4 Å². The Hall–Kier alpha value is -3.55. The van der Waals surface area contributed by atoms with Crippen molar-refractivity contribution in [1.82, 2.24) is 25.4 Å². The Balaban J connectivity index is 1.34. The summed E-state index contributed by atoms with van der Waals surface area (Å²) in [5.74, 6) is -1.38. The molecule has 1 aromatic heterocycles. The first-order chi connectivity index (χ1) is 23.3. The number of nitrogens with zero attached hydrogens (tertiary/aromatic N) is 3. The molecule has 2 aliphatic heterocycles. The second-order valence-corrected chi connectivity index (χ2v) is 13.9. The molecule has 1 aromatic carbocycles. The fraction of sp³-hybridized carbons (Fsp3) is 0.629. The van der Waals surface area contributed by atoms with E-state index in [0.29, 0.717) is 57.3 Å². The molecule has 1 aliphatic carbocycles. The molecule has 3 N–H and O–H groups in total. The van der Waals surface area contributed by atoms with E-state index in [1.807, 2.05) is 42.6 Å². The average Bonchev–Trinajstić information content (AvgIpc) is 3.77. The largest absolute Gasteiger partial charge is 0.441 e. The minimum absolute atomic E-state index is 0.00420. The summed E-state index contributed by atoms with van der Waals surface area (Å²) in [7, 11) is 0. The number of aliphatic hydroxyl groups is 1. The van der Waals surface area contributed by atoms with Gasteiger partial charge in [-0.05, 0) is 31.2 Å². The van der Waals surface area contributed by atoms with Crippen molar-refractivity contribution in [1.29, 1.82) is 0 Å². The van der Waals surface area contributed by atoms with Crippen molar-refractivity contribution in [2.75, 3.05) is 39.4 Å². The highest BCUT2D eigenvalue weighted by molar-refractivity contribution is 7.07. The van der Waals surface area contributed by atoms with Crippen LogP contribution in [0.25, 0.3) is 0 Å². The Bertz CT molecular complexity index is 1330. The maximum Gasteiger partial charge on any atom is 0.410 e. The van der Waals surface area contributed by atoms with Crippen molar-refractivity contribution in [2.45, 2.75) is 89.0 Å². The maximum atomic E-state index is 14.1. The summed E-state index contributed by atoms with van der Waals surface area (Å²) in [6.07, 6.45) is 3.99. The normalized spacial score (nSPS) is 21.2. The summed E-state index contributed by atoms with van der Waals surface area (Å²) < 4.78 is 10.9. The van der Waals surface area contributed by atoms with Crippen LogP contribution >= 0.6 is 11.3 Å². The molecule has 13 heteroatoms. The molecule has 0 bridgehead atoms. The van der Waals surface area contributed by atoms with Gasteiger partial charge in [0.25, 0.3) is 0 Å². The van der Waals surface area contributed by atoms with E-state index in [1.54, 1.807) is 10.4 Å². The highest BCUT2D eigenvalue weighted by Gasteiger charge is 2.41. The molecule has 3 aliphatic rings. The van der Waals surface area contributed by atoms with E-state index in [1.165, 1.54) is 22.7 Å². The highest BCUT2D eigenvalue weighted by Crippen LogP contribution is 2.29. The first-order valence-corrected chi connectivity index (χ1v) is 18.3. The lowest BCUT2D eigenvalue weighted by molar-refractivity contribution is -0.140. The maximum absolute atomic E-state index is 14.1. The minimum atomic E-state index is -1.12. The van der Waals surface area contributed by atoms with Gasteiger partial charge in [-0.25, -0.2) is 9.78 Å². The molecule has 262 valence electrons. The smallest absolute Gasteiger partial charge is 0.410 e. The summed E-state index contributed by atoms with van der Waals surface area (Å²) in [5.41, 5.74) is 3.24. The number of likely N-dealkylation sites (N-methyl/N-ethyl adjacent to an activating group) is 1. The molecule has 3 fully saturated rings. The Morgan fingerprint density at radius 2 is 1.79 bits per heavy atom. The molecule has 0 radical (unpaired) electrons. The number of cyclic esters (lactones) is 1. The lowest BCUT2D eigenvalue weighted by Crippen LogP contribution is -2.57. The van der Waals surface area contributed by atoms with Gasteiger partial charge in [-0.2, -0.15) is 0 Å². The quantitative estimate of drug-likeness (QED) is 0.260. The SMILES string of the molecule is CCN1CC(C(O)C(CC2CCCCC2)NC(=O)C(Cc2cscn2)NC(=O)C(CC(=O)N2CCOCC2)Cc2ccccc2)OC1=O. The average molecular weight is 684 g/mol. The second-order valence-electron chi connectivity index (χ2n) is 13.1. The van der Waals surface area contributed by atoms with Crippen LogP contribution in [0.1, 0.15) is 63.1 Å². The predicted octanol–water partition coefficient (Wildman–Crippen LogP) is 2.94. The number of hydrogen-bond donors (Lipinski definition) is 3. The van der Waals surface area contributed by atoms with E-state index >= 15 is 0 Å². The van der Waals surface area contributed by atoms with E-state index in [2.05, 4.69) is 15.6 Å². The van der Waals surface area contributed by atoms with Gasteiger partial charge in [0, 0.05) is 37.9 Å². The number of thiazole rings is 1. The Kier molecular flexibility index (Phi) is 13.2. The number of morpholine rings is 1. The van der Waals surface area contributed by atoms with Crippen LogP contribution in [0.3, 0.4) is 0 Å². The lowest BCUT2D eigenvalue weighted by atomic mass is 9.83. The van der Waals surface area contributed by atoms with Crippen LogP contribution < -0.4 is 10.6 Å². The van der Waals surface area contributed by atoms with E-state index in [4.69, 9.17) is 9.47 Å². The van der Waals surface area contributed by atoms with Crippen molar-refractivity contribution < 1.29 is 33.8 Å². The molecule has 5 unspecified atom stereocenters. The topological polar surface area (TPSA) is 150 Å². The molecule has 2 saturated heterocycles. The lowest BCUT2D eigenvalue weighted by Gasteiger charge is -2.33. The summed E-state index contributed by atoms with van der Waals surface area (Å²) >= 11 is 1.40. The summed E-state index contributed by atoms with van der Waals surface area (Å²) in [5, 5.41) is 19.4. The molecule has 0 spiro atoms. The Morgan fingerprint density at radius 1 is 1.04 bits per heavy atom. The van der Waals surface area contributed by atoms with Crippen LogP contribution in [-0.4, -0.2) is 107 Å². The number of ether oxygens (including phenoxy) is 2. The molecule has 5 rings (SSSR count). The van der Waals surface area contributed by atoms with E-state index < -0.39 is 48.1 Å². The zero-order chi connectivity index (χ0) is 33.9. The molecule has 12 nitrogen and oxygen atoms in total. The van der Waals surface area contributed by atoms with Crippen molar-refractivity contribution in [3.05, 3.63) is 52.5 Å². The van der Waals surface area contributed by atoms with Gasteiger partial charge in [0.15, 0.2) is 0 Å². The number of hydrogen-bond acceptors (Lipinski definition) is 9. The van der Waals surface area contributed by atoms with Crippen molar-refractivity contribution in [3.8, 4) is 0 Å². The standard InChI is InChI=1S/C35H49N5O7S/c1-2-39-21-30(47-35(39)45)32(42)28(18-25-11-7-4-8-12-25)37-34(44)29(20-27-22-48-23-36-27)38-33(43)26(17-24-9-5-3-6-10-24)19-31(41)40-13-15-46-16-14-40/h3,5-6,9-10,22-23,25-26,28-30,32,42H,2,4,7-8,11-21H2,1H3,(H,37,44)(H,38,43). The van der Waals surface area contributed by atoms with Gasteiger partial charge in [-0.3, -0.25) is 14.4 Å². The monoisotopic (exact) mass is 683 g/mol. The third-order valence-electron chi connectivity index (χ3n) is 9.74. The van der Waals surface area contributed by atoms with E-state index in [-0.39, 0.29) is 25.3 Å². The molecule has 1 saturated carbocycles. The van der Waals surface area contributed by atoms with Crippen LogP contribution in [0.4, 0.5) is 4.79 Å². The fourth-order valence-corrected chi connectivity index (χ4v) is 7.50. The molecular weight excluding hydrogens is 634 g/mol. The number of amides is 4. The minimum Gasteiger partial charge on any atom is -0.441 e. The van der Waals surface area contributed by atoms with Crippen LogP contribution in [0.5, 0.6) is 0 Å².